The van der Waals surface area contributed by atoms with Gasteiger partial charge in [-0.1, -0.05) is 75.9 Å². The summed E-state index contributed by atoms with van der Waals surface area (Å²) in [6.45, 7) is 6.54. The van der Waals surface area contributed by atoms with Crippen molar-refractivity contribution >= 4 is 11.6 Å². The third-order valence-corrected chi connectivity index (χ3v) is 5.63. The zero-order valence-corrected chi connectivity index (χ0v) is 16.4. The lowest BCUT2D eigenvalue weighted by Gasteiger charge is -2.28. The van der Waals surface area contributed by atoms with Crippen LogP contribution in [-0.2, 0) is 11.8 Å². The van der Waals surface area contributed by atoms with E-state index in [2.05, 4.69) is 45.0 Å². The van der Waals surface area contributed by atoms with Crippen LogP contribution in [0.25, 0.3) is 0 Å². The standard InChI is InChI=1S/C23H29ClO/c1-23(2,3)21-15-17(13-16-9-11-19(24)12-10-16)14-20(22(21)25)18-7-5-4-6-8-18/h9-12,14-15,18,25H,4-8,13H2,1-3H3. The van der Waals surface area contributed by atoms with Crippen LogP contribution in [0, 0.1) is 0 Å². The van der Waals surface area contributed by atoms with Gasteiger partial charge in [-0.3, -0.25) is 0 Å². The van der Waals surface area contributed by atoms with Gasteiger partial charge in [0.1, 0.15) is 5.75 Å². The Balaban J connectivity index is 2.00. The smallest absolute Gasteiger partial charge is 0.122 e. The zero-order valence-electron chi connectivity index (χ0n) is 15.6. The van der Waals surface area contributed by atoms with Crippen molar-refractivity contribution in [3.8, 4) is 5.75 Å². The molecule has 0 amide bonds. The second kappa shape index (κ2) is 7.41. The molecule has 0 atom stereocenters. The van der Waals surface area contributed by atoms with Gasteiger partial charge in [0, 0.05) is 5.02 Å². The minimum absolute atomic E-state index is 0.0660. The lowest BCUT2D eigenvalue weighted by atomic mass is 9.78. The summed E-state index contributed by atoms with van der Waals surface area (Å²) in [6, 6.07) is 12.5. The van der Waals surface area contributed by atoms with E-state index in [4.69, 9.17) is 11.6 Å². The van der Waals surface area contributed by atoms with E-state index in [0.29, 0.717) is 11.7 Å². The average Bonchev–Trinajstić information content (AvgIpc) is 2.58. The second-order valence-electron chi connectivity index (χ2n) is 8.47. The molecule has 0 spiro atoms. The maximum absolute atomic E-state index is 11.0. The highest BCUT2D eigenvalue weighted by molar-refractivity contribution is 6.30. The number of aromatic hydroxyl groups is 1. The van der Waals surface area contributed by atoms with Gasteiger partial charge >= 0.3 is 0 Å². The highest BCUT2D eigenvalue weighted by Crippen LogP contribution is 2.42. The van der Waals surface area contributed by atoms with Crippen LogP contribution in [0.2, 0.25) is 5.02 Å². The molecule has 25 heavy (non-hydrogen) atoms. The van der Waals surface area contributed by atoms with E-state index in [0.717, 1.165) is 22.6 Å². The minimum Gasteiger partial charge on any atom is -0.507 e. The molecule has 0 heterocycles. The van der Waals surface area contributed by atoms with Gasteiger partial charge in [-0.2, -0.15) is 0 Å². The van der Waals surface area contributed by atoms with E-state index in [1.807, 2.05) is 12.1 Å². The molecule has 0 aromatic heterocycles. The molecule has 1 aliphatic rings. The molecule has 2 aromatic carbocycles. The molecule has 0 saturated heterocycles. The van der Waals surface area contributed by atoms with Crippen LogP contribution in [0.15, 0.2) is 36.4 Å². The van der Waals surface area contributed by atoms with Crippen LogP contribution in [0.4, 0.5) is 0 Å². The average molecular weight is 357 g/mol. The van der Waals surface area contributed by atoms with E-state index >= 15 is 0 Å². The summed E-state index contributed by atoms with van der Waals surface area (Å²) >= 11 is 6.01. The summed E-state index contributed by atoms with van der Waals surface area (Å²) in [5, 5.41) is 11.8. The van der Waals surface area contributed by atoms with Gasteiger partial charge in [-0.05, 0) is 65.0 Å². The van der Waals surface area contributed by atoms with Crippen molar-refractivity contribution in [3.63, 3.8) is 0 Å². The summed E-state index contributed by atoms with van der Waals surface area (Å²) in [7, 11) is 0. The Morgan fingerprint density at radius 2 is 1.60 bits per heavy atom. The molecular weight excluding hydrogens is 328 g/mol. The van der Waals surface area contributed by atoms with Gasteiger partial charge in [-0.25, -0.2) is 0 Å². The first-order chi connectivity index (χ1) is 11.8. The quantitative estimate of drug-likeness (QED) is 0.628. The predicted octanol–water partition coefficient (Wildman–Crippen LogP) is 6.98. The fourth-order valence-electron chi connectivity index (χ4n) is 3.96. The first-order valence-electron chi connectivity index (χ1n) is 9.45. The molecule has 2 aromatic rings. The van der Waals surface area contributed by atoms with Crippen LogP contribution >= 0.6 is 11.6 Å². The maximum atomic E-state index is 11.0. The molecular formula is C23H29ClO. The molecule has 1 aliphatic carbocycles. The second-order valence-corrected chi connectivity index (χ2v) is 8.91. The highest BCUT2D eigenvalue weighted by atomic mass is 35.5. The number of rotatable bonds is 3. The fraction of sp³-hybridized carbons (Fsp3) is 0.478. The van der Waals surface area contributed by atoms with E-state index < -0.39 is 0 Å². The van der Waals surface area contributed by atoms with Gasteiger partial charge in [-0.15, -0.1) is 0 Å². The van der Waals surface area contributed by atoms with Crippen LogP contribution in [0.1, 0.15) is 81.0 Å². The van der Waals surface area contributed by atoms with Gasteiger partial charge < -0.3 is 5.11 Å². The topological polar surface area (TPSA) is 20.2 Å². The molecule has 2 heteroatoms. The highest BCUT2D eigenvalue weighted by Gasteiger charge is 2.25. The van der Waals surface area contributed by atoms with Crippen molar-refractivity contribution < 1.29 is 5.11 Å². The number of hydrogen-bond donors (Lipinski definition) is 1. The first kappa shape index (κ1) is 18.3. The predicted molar refractivity (Wildman–Crippen MR) is 107 cm³/mol. The lowest BCUT2D eigenvalue weighted by Crippen LogP contribution is -2.15. The van der Waals surface area contributed by atoms with Crippen molar-refractivity contribution in [3.05, 3.63) is 63.7 Å². The van der Waals surface area contributed by atoms with E-state index in [1.165, 1.54) is 43.2 Å². The van der Waals surface area contributed by atoms with Crippen molar-refractivity contribution in [2.45, 2.75) is 70.6 Å². The SMILES string of the molecule is CC(C)(C)c1cc(Cc2ccc(Cl)cc2)cc(C2CCCCC2)c1O. The van der Waals surface area contributed by atoms with Crippen LogP contribution in [0.3, 0.4) is 0 Å². The van der Waals surface area contributed by atoms with Crippen molar-refractivity contribution in [1.29, 1.82) is 0 Å². The Kier molecular flexibility index (Phi) is 5.43. The van der Waals surface area contributed by atoms with E-state index in [-0.39, 0.29) is 5.41 Å². The lowest BCUT2D eigenvalue weighted by molar-refractivity contribution is 0.402. The first-order valence-corrected chi connectivity index (χ1v) is 9.83. The summed E-state index contributed by atoms with van der Waals surface area (Å²) < 4.78 is 0. The van der Waals surface area contributed by atoms with Crippen molar-refractivity contribution in [2.24, 2.45) is 0 Å². The largest absolute Gasteiger partial charge is 0.507 e. The molecule has 1 N–H and O–H groups in total. The number of phenolic OH excluding ortho intramolecular Hbond substituents is 1. The minimum atomic E-state index is -0.0660. The summed E-state index contributed by atoms with van der Waals surface area (Å²) in [5.41, 5.74) is 4.70. The van der Waals surface area contributed by atoms with Crippen LogP contribution in [-0.4, -0.2) is 5.11 Å². The van der Waals surface area contributed by atoms with Crippen molar-refractivity contribution in [1.82, 2.24) is 0 Å². The van der Waals surface area contributed by atoms with Gasteiger partial charge in [0.15, 0.2) is 0 Å². The summed E-state index contributed by atoms with van der Waals surface area (Å²) in [6.07, 6.45) is 7.14. The normalized spacial score (nSPS) is 16.2. The number of hydrogen-bond acceptors (Lipinski definition) is 1. The van der Waals surface area contributed by atoms with E-state index in [9.17, 15) is 5.11 Å². The summed E-state index contributed by atoms with van der Waals surface area (Å²) in [4.78, 5) is 0. The fourth-order valence-corrected chi connectivity index (χ4v) is 4.08. The van der Waals surface area contributed by atoms with Crippen LogP contribution in [0.5, 0.6) is 5.75 Å². The third kappa shape index (κ3) is 4.39. The number of phenols is 1. The number of halogens is 1. The Hall–Kier alpha value is -1.47. The van der Waals surface area contributed by atoms with Crippen LogP contribution < -0.4 is 0 Å². The Morgan fingerprint density at radius 1 is 0.960 bits per heavy atom. The van der Waals surface area contributed by atoms with E-state index in [1.54, 1.807) is 0 Å². The van der Waals surface area contributed by atoms with Crippen molar-refractivity contribution in [2.75, 3.05) is 0 Å². The Morgan fingerprint density at radius 3 is 2.20 bits per heavy atom. The number of benzene rings is 2. The monoisotopic (exact) mass is 356 g/mol. The zero-order chi connectivity index (χ0) is 18.0. The molecule has 1 saturated carbocycles. The summed E-state index contributed by atoms with van der Waals surface area (Å²) in [5.74, 6) is 1.03. The third-order valence-electron chi connectivity index (χ3n) is 5.37. The molecule has 0 unspecified atom stereocenters. The Labute approximate surface area is 157 Å². The van der Waals surface area contributed by atoms with Gasteiger partial charge in [0.05, 0.1) is 0 Å². The molecule has 134 valence electrons. The molecule has 0 radical (unpaired) electrons. The molecule has 0 bridgehead atoms. The molecule has 1 fully saturated rings. The van der Waals surface area contributed by atoms with Gasteiger partial charge in [0.25, 0.3) is 0 Å². The molecule has 1 nitrogen and oxygen atoms in total. The maximum Gasteiger partial charge on any atom is 0.122 e. The Bertz CT molecular complexity index is 719. The van der Waals surface area contributed by atoms with Gasteiger partial charge in [0.2, 0.25) is 0 Å². The molecule has 3 rings (SSSR count). The molecule has 0 aliphatic heterocycles.